The summed E-state index contributed by atoms with van der Waals surface area (Å²) in [4.78, 5) is 17.9. The van der Waals surface area contributed by atoms with E-state index in [-0.39, 0.29) is 5.91 Å². The number of aromatic amines is 1. The van der Waals surface area contributed by atoms with Crippen molar-refractivity contribution in [3.8, 4) is 0 Å². The Morgan fingerprint density at radius 2 is 1.95 bits per heavy atom. The summed E-state index contributed by atoms with van der Waals surface area (Å²) < 4.78 is 0. The van der Waals surface area contributed by atoms with E-state index >= 15 is 0 Å². The fourth-order valence-corrected chi connectivity index (χ4v) is 3.46. The molecule has 4 rings (SSSR count). The summed E-state index contributed by atoms with van der Waals surface area (Å²) in [7, 11) is 0. The maximum absolute atomic E-state index is 12.7. The van der Waals surface area contributed by atoms with Crippen LogP contribution in [0.4, 0.5) is 0 Å². The number of hydrogen-bond acceptors (Lipinski definition) is 2. The lowest BCUT2D eigenvalue weighted by Crippen LogP contribution is -2.31. The van der Waals surface area contributed by atoms with E-state index in [1.54, 1.807) is 0 Å². The van der Waals surface area contributed by atoms with Crippen molar-refractivity contribution >= 4 is 16.8 Å². The maximum Gasteiger partial charge on any atom is 0.254 e. The Kier molecular flexibility index (Phi) is 2.38. The van der Waals surface area contributed by atoms with Gasteiger partial charge in [0.1, 0.15) is 0 Å². The highest BCUT2D eigenvalue weighted by molar-refractivity contribution is 6.06. The first-order valence-electron chi connectivity index (χ1n) is 6.89. The normalized spacial score (nSPS) is 26.0. The number of H-pyrrole nitrogens is 1. The number of aromatic nitrogens is 1. The van der Waals surface area contributed by atoms with Crippen LogP contribution in [0.2, 0.25) is 0 Å². The molecule has 2 atom stereocenters. The first kappa shape index (κ1) is 11.1. The van der Waals surface area contributed by atoms with Crippen molar-refractivity contribution in [2.45, 2.75) is 0 Å². The van der Waals surface area contributed by atoms with Gasteiger partial charge < -0.3 is 15.2 Å². The number of hydrogen-bond donors (Lipinski definition) is 2. The van der Waals surface area contributed by atoms with E-state index in [1.807, 2.05) is 35.4 Å². The van der Waals surface area contributed by atoms with E-state index in [0.717, 1.165) is 42.6 Å². The third-order valence-corrected chi connectivity index (χ3v) is 4.50. The average Bonchev–Trinajstić information content (AvgIpc) is 3.11. The van der Waals surface area contributed by atoms with Crippen LogP contribution in [0, 0.1) is 11.8 Å². The van der Waals surface area contributed by atoms with E-state index in [9.17, 15) is 4.79 Å². The number of benzene rings is 1. The maximum atomic E-state index is 12.7. The molecule has 4 heteroatoms. The van der Waals surface area contributed by atoms with Gasteiger partial charge in [-0.1, -0.05) is 6.07 Å². The van der Waals surface area contributed by atoms with Gasteiger partial charge in [-0.15, -0.1) is 0 Å². The van der Waals surface area contributed by atoms with E-state index in [1.165, 1.54) is 0 Å². The minimum absolute atomic E-state index is 0.180. The molecule has 1 aromatic heterocycles. The van der Waals surface area contributed by atoms with Gasteiger partial charge in [-0.3, -0.25) is 4.79 Å². The first-order chi connectivity index (χ1) is 9.33. The highest BCUT2D eigenvalue weighted by atomic mass is 16.2. The Morgan fingerprint density at radius 1 is 1.16 bits per heavy atom. The second-order valence-electron chi connectivity index (χ2n) is 5.63. The summed E-state index contributed by atoms with van der Waals surface area (Å²) >= 11 is 0. The zero-order chi connectivity index (χ0) is 12.8. The number of nitrogens with zero attached hydrogens (tertiary/aromatic N) is 1. The largest absolute Gasteiger partial charge is 0.361 e. The summed E-state index contributed by atoms with van der Waals surface area (Å²) in [6.07, 6.45) is 1.89. The third-order valence-electron chi connectivity index (χ3n) is 4.50. The van der Waals surface area contributed by atoms with E-state index in [4.69, 9.17) is 0 Å². The van der Waals surface area contributed by atoms with Crippen LogP contribution in [-0.4, -0.2) is 42.0 Å². The SMILES string of the molecule is O=C(c1cccc2[nH]ccc12)N1C[C@H]2CNC[C@H]2C1. The van der Waals surface area contributed by atoms with Crippen LogP contribution in [0.3, 0.4) is 0 Å². The second-order valence-corrected chi connectivity index (χ2v) is 5.63. The molecule has 2 N–H and O–H groups in total. The van der Waals surface area contributed by atoms with Gasteiger partial charge in [0.25, 0.3) is 5.91 Å². The van der Waals surface area contributed by atoms with Gasteiger partial charge in [-0.05, 0) is 30.0 Å². The van der Waals surface area contributed by atoms with Gasteiger partial charge in [0.2, 0.25) is 0 Å². The lowest BCUT2D eigenvalue weighted by Gasteiger charge is -2.18. The number of fused-ring (bicyclic) bond motifs is 2. The smallest absolute Gasteiger partial charge is 0.254 e. The molecule has 2 aliphatic rings. The number of rotatable bonds is 1. The molecule has 1 amide bonds. The van der Waals surface area contributed by atoms with Crippen LogP contribution in [0.15, 0.2) is 30.5 Å². The minimum atomic E-state index is 0.180. The Hall–Kier alpha value is -1.81. The van der Waals surface area contributed by atoms with Gasteiger partial charge in [0.05, 0.1) is 0 Å². The standard InChI is InChI=1S/C15H17N3O/c19-15(18-8-10-6-16-7-11(10)9-18)13-2-1-3-14-12(13)4-5-17-14/h1-5,10-11,16-17H,6-9H2/t10-,11+. The predicted molar refractivity (Wildman–Crippen MR) is 74.1 cm³/mol. The van der Waals surface area contributed by atoms with Gasteiger partial charge >= 0.3 is 0 Å². The number of nitrogens with one attached hydrogen (secondary N) is 2. The topological polar surface area (TPSA) is 48.1 Å². The molecule has 0 radical (unpaired) electrons. The fraction of sp³-hybridized carbons (Fsp3) is 0.400. The van der Waals surface area contributed by atoms with Gasteiger partial charge in [0, 0.05) is 48.8 Å². The van der Waals surface area contributed by atoms with Crippen LogP contribution < -0.4 is 5.32 Å². The molecule has 0 aliphatic carbocycles. The number of amides is 1. The van der Waals surface area contributed by atoms with Crippen LogP contribution >= 0.6 is 0 Å². The minimum Gasteiger partial charge on any atom is -0.361 e. The summed E-state index contributed by atoms with van der Waals surface area (Å²) in [5.74, 6) is 1.48. The zero-order valence-electron chi connectivity index (χ0n) is 10.7. The second kappa shape index (κ2) is 4.10. The number of likely N-dealkylation sites (tertiary alicyclic amines) is 1. The quantitative estimate of drug-likeness (QED) is 0.810. The van der Waals surface area contributed by atoms with Crippen molar-refractivity contribution in [1.82, 2.24) is 15.2 Å². The van der Waals surface area contributed by atoms with Crippen LogP contribution in [0.1, 0.15) is 10.4 Å². The molecule has 98 valence electrons. The lowest BCUT2D eigenvalue weighted by molar-refractivity contribution is 0.0783. The average molecular weight is 255 g/mol. The van der Waals surface area contributed by atoms with Gasteiger partial charge in [0.15, 0.2) is 0 Å². The molecule has 2 saturated heterocycles. The van der Waals surface area contributed by atoms with Crippen molar-refractivity contribution < 1.29 is 4.79 Å². The molecule has 0 spiro atoms. The Bertz CT molecular complexity index is 621. The van der Waals surface area contributed by atoms with Crippen LogP contribution in [-0.2, 0) is 0 Å². The molecule has 2 fully saturated rings. The predicted octanol–water partition coefficient (Wildman–Crippen LogP) is 1.46. The summed E-state index contributed by atoms with van der Waals surface area (Å²) in [6, 6.07) is 7.88. The molecule has 3 heterocycles. The monoisotopic (exact) mass is 255 g/mol. The summed E-state index contributed by atoms with van der Waals surface area (Å²) in [6.45, 7) is 3.92. The first-order valence-corrected chi connectivity index (χ1v) is 6.89. The van der Waals surface area contributed by atoms with Crippen molar-refractivity contribution in [2.24, 2.45) is 11.8 Å². The van der Waals surface area contributed by atoms with Crippen molar-refractivity contribution in [3.63, 3.8) is 0 Å². The molecule has 4 nitrogen and oxygen atoms in total. The molecule has 19 heavy (non-hydrogen) atoms. The number of carbonyl (C=O) groups is 1. The van der Waals surface area contributed by atoms with E-state index in [2.05, 4.69) is 10.3 Å². The molecule has 0 saturated carbocycles. The Morgan fingerprint density at radius 3 is 2.74 bits per heavy atom. The Balaban J connectivity index is 1.65. The third kappa shape index (κ3) is 1.67. The Labute approximate surface area is 111 Å². The lowest BCUT2D eigenvalue weighted by atomic mass is 10.0. The summed E-state index contributed by atoms with van der Waals surface area (Å²) in [5.41, 5.74) is 1.86. The van der Waals surface area contributed by atoms with Gasteiger partial charge in [-0.2, -0.15) is 0 Å². The molecule has 1 aromatic carbocycles. The molecule has 0 unspecified atom stereocenters. The zero-order valence-corrected chi connectivity index (χ0v) is 10.7. The molecular weight excluding hydrogens is 238 g/mol. The fourth-order valence-electron chi connectivity index (χ4n) is 3.46. The van der Waals surface area contributed by atoms with E-state index < -0.39 is 0 Å². The van der Waals surface area contributed by atoms with Crippen molar-refractivity contribution in [1.29, 1.82) is 0 Å². The highest BCUT2D eigenvalue weighted by Crippen LogP contribution is 2.28. The molecule has 0 bridgehead atoms. The van der Waals surface area contributed by atoms with Crippen molar-refractivity contribution in [3.05, 3.63) is 36.0 Å². The number of carbonyl (C=O) groups excluding carboxylic acids is 1. The molecular formula is C15H17N3O. The van der Waals surface area contributed by atoms with E-state index in [0.29, 0.717) is 11.8 Å². The van der Waals surface area contributed by atoms with Crippen molar-refractivity contribution in [2.75, 3.05) is 26.2 Å². The summed E-state index contributed by atoms with van der Waals surface area (Å²) in [5, 5.41) is 4.44. The van der Waals surface area contributed by atoms with Crippen LogP contribution in [0.5, 0.6) is 0 Å². The molecule has 2 aliphatic heterocycles. The van der Waals surface area contributed by atoms with Gasteiger partial charge in [-0.25, -0.2) is 0 Å². The highest BCUT2D eigenvalue weighted by Gasteiger charge is 2.38. The van der Waals surface area contributed by atoms with Crippen LogP contribution in [0.25, 0.3) is 10.9 Å². The molecule has 2 aromatic rings.